The van der Waals surface area contributed by atoms with Crippen molar-refractivity contribution in [3.8, 4) is 0 Å². The molecule has 80 valence electrons. The molecule has 0 fully saturated rings. The van der Waals surface area contributed by atoms with Gasteiger partial charge >= 0.3 is 5.97 Å². The molecule has 0 radical (unpaired) electrons. The minimum atomic E-state index is -0.233. The number of benzene rings is 1. The SMILES string of the molecule is CCCC=C1OC(=O)c2ccccc21.N. The van der Waals surface area contributed by atoms with Crippen LogP contribution in [0.1, 0.15) is 35.7 Å². The molecule has 0 aliphatic carbocycles. The van der Waals surface area contributed by atoms with Crippen LogP contribution >= 0.6 is 0 Å². The van der Waals surface area contributed by atoms with Crippen molar-refractivity contribution in [1.82, 2.24) is 6.15 Å². The van der Waals surface area contributed by atoms with Crippen LogP contribution in [-0.4, -0.2) is 5.97 Å². The average molecular weight is 205 g/mol. The highest BCUT2D eigenvalue weighted by Gasteiger charge is 2.24. The number of rotatable bonds is 2. The Kier molecular flexibility index (Phi) is 3.63. The van der Waals surface area contributed by atoms with Crippen molar-refractivity contribution >= 4 is 11.7 Å². The number of carbonyl (C=O) groups excluding carboxylic acids is 1. The van der Waals surface area contributed by atoms with Crippen molar-refractivity contribution in [2.24, 2.45) is 0 Å². The molecule has 2 rings (SSSR count). The van der Waals surface area contributed by atoms with Crippen molar-refractivity contribution in [2.75, 3.05) is 0 Å². The first-order valence-corrected chi connectivity index (χ1v) is 4.84. The standard InChI is InChI=1S/C12H12O2.H3N/c1-2-3-8-11-9-6-4-5-7-10(9)12(13)14-11;/h4-8H,2-3H2,1H3;1H3. The summed E-state index contributed by atoms with van der Waals surface area (Å²) in [6, 6.07) is 7.48. The molecule has 15 heavy (non-hydrogen) atoms. The highest BCUT2D eigenvalue weighted by molar-refractivity contribution is 6.02. The van der Waals surface area contributed by atoms with Crippen LogP contribution in [-0.2, 0) is 4.74 Å². The zero-order valence-electron chi connectivity index (χ0n) is 8.82. The summed E-state index contributed by atoms with van der Waals surface area (Å²) in [4.78, 5) is 11.4. The minimum absolute atomic E-state index is 0. The third-order valence-electron chi connectivity index (χ3n) is 2.23. The maximum Gasteiger partial charge on any atom is 0.344 e. The van der Waals surface area contributed by atoms with Gasteiger partial charge in [-0.15, -0.1) is 0 Å². The molecular formula is C12H15NO2. The number of esters is 1. The van der Waals surface area contributed by atoms with Crippen molar-refractivity contribution in [2.45, 2.75) is 19.8 Å². The Morgan fingerprint density at radius 1 is 1.27 bits per heavy atom. The van der Waals surface area contributed by atoms with Crippen LogP contribution in [0.4, 0.5) is 0 Å². The van der Waals surface area contributed by atoms with Gasteiger partial charge < -0.3 is 10.9 Å². The number of allylic oxidation sites excluding steroid dienone is 1. The molecule has 1 aliphatic rings. The summed E-state index contributed by atoms with van der Waals surface area (Å²) >= 11 is 0. The molecule has 0 aromatic heterocycles. The van der Waals surface area contributed by atoms with E-state index in [-0.39, 0.29) is 12.1 Å². The summed E-state index contributed by atoms with van der Waals surface area (Å²) in [5, 5.41) is 0. The largest absolute Gasteiger partial charge is 0.423 e. The number of carbonyl (C=O) groups is 1. The van der Waals surface area contributed by atoms with Crippen molar-refractivity contribution in [3.05, 3.63) is 41.5 Å². The highest BCUT2D eigenvalue weighted by atomic mass is 16.5. The second-order valence-corrected chi connectivity index (χ2v) is 3.29. The highest BCUT2D eigenvalue weighted by Crippen LogP contribution is 2.29. The third kappa shape index (κ3) is 2.07. The molecule has 0 unspecified atom stereocenters. The van der Waals surface area contributed by atoms with E-state index in [1.807, 2.05) is 24.3 Å². The molecule has 0 saturated heterocycles. The van der Waals surface area contributed by atoms with E-state index in [0.29, 0.717) is 11.3 Å². The molecule has 0 bridgehead atoms. The fourth-order valence-corrected chi connectivity index (χ4v) is 1.51. The Labute approximate surface area is 89.3 Å². The van der Waals surface area contributed by atoms with E-state index in [1.54, 1.807) is 6.07 Å². The predicted molar refractivity (Wildman–Crippen MR) is 59.8 cm³/mol. The predicted octanol–water partition coefficient (Wildman–Crippen LogP) is 3.16. The van der Waals surface area contributed by atoms with Crippen LogP contribution in [0, 0.1) is 0 Å². The van der Waals surface area contributed by atoms with Crippen LogP contribution in [0.2, 0.25) is 0 Å². The molecule has 1 aromatic rings. The molecule has 0 spiro atoms. The van der Waals surface area contributed by atoms with Gasteiger partial charge in [0.25, 0.3) is 0 Å². The normalized spacial score (nSPS) is 15.8. The zero-order chi connectivity index (χ0) is 9.97. The van der Waals surface area contributed by atoms with E-state index in [2.05, 4.69) is 6.92 Å². The molecule has 0 amide bonds. The van der Waals surface area contributed by atoms with E-state index in [9.17, 15) is 4.79 Å². The van der Waals surface area contributed by atoms with Gasteiger partial charge in [0, 0.05) is 5.56 Å². The van der Waals surface area contributed by atoms with E-state index in [0.717, 1.165) is 18.4 Å². The fourth-order valence-electron chi connectivity index (χ4n) is 1.51. The zero-order valence-corrected chi connectivity index (χ0v) is 8.82. The summed E-state index contributed by atoms with van der Waals surface area (Å²) in [6.07, 6.45) is 3.98. The number of ether oxygens (including phenoxy) is 1. The number of cyclic esters (lactones) is 1. The van der Waals surface area contributed by atoms with Crippen LogP contribution in [0.5, 0.6) is 0 Å². The Balaban J connectivity index is 0.00000112. The van der Waals surface area contributed by atoms with E-state index in [1.165, 1.54) is 0 Å². The number of fused-ring (bicyclic) bond motifs is 1. The summed E-state index contributed by atoms with van der Waals surface area (Å²) < 4.78 is 5.16. The number of hydrogen-bond donors (Lipinski definition) is 1. The lowest BCUT2D eigenvalue weighted by atomic mass is 10.1. The first kappa shape index (κ1) is 11.5. The monoisotopic (exact) mass is 205 g/mol. The van der Waals surface area contributed by atoms with E-state index in [4.69, 9.17) is 4.74 Å². The van der Waals surface area contributed by atoms with E-state index < -0.39 is 0 Å². The molecule has 0 saturated carbocycles. The minimum Gasteiger partial charge on any atom is -0.423 e. The number of unbranched alkanes of at least 4 members (excludes halogenated alkanes) is 1. The van der Waals surface area contributed by atoms with Crippen LogP contribution in [0.15, 0.2) is 30.3 Å². The average Bonchev–Trinajstić information content (AvgIpc) is 2.54. The fraction of sp³-hybridized carbons (Fsp3) is 0.250. The first-order chi connectivity index (χ1) is 6.83. The second-order valence-electron chi connectivity index (χ2n) is 3.29. The molecule has 1 aliphatic heterocycles. The molecule has 1 heterocycles. The Hall–Kier alpha value is -1.61. The summed E-state index contributed by atoms with van der Waals surface area (Å²) in [7, 11) is 0. The maximum absolute atomic E-state index is 11.4. The van der Waals surface area contributed by atoms with E-state index >= 15 is 0 Å². The molecular weight excluding hydrogens is 190 g/mol. The van der Waals surface area contributed by atoms with Crippen molar-refractivity contribution in [3.63, 3.8) is 0 Å². The van der Waals surface area contributed by atoms with Crippen LogP contribution < -0.4 is 6.15 Å². The molecule has 3 nitrogen and oxygen atoms in total. The summed E-state index contributed by atoms with van der Waals surface area (Å²) in [5.41, 5.74) is 1.60. The molecule has 3 heteroatoms. The molecule has 3 N–H and O–H groups in total. The smallest absolute Gasteiger partial charge is 0.344 e. The Morgan fingerprint density at radius 3 is 2.60 bits per heavy atom. The van der Waals surface area contributed by atoms with Crippen molar-refractivity contribution < 1.29 is 9.53 Å². The quantitative estimate of drug-likeness (QED) is 0.754. The lowest BCUT2D eigenvalue weighted by Gasteiger charge is -1.96. The van der Waals surface area contributed by atoms with Crippen LogP contribution in [0.3, 0.4) is 0 Å². The van der Waals surface area contributed by atoms with Gasteiger partial charge in [-0.2, -0.15) is 0 Å². The summed E-state index contributed by atoms with van der Waals surface area (Å²) in [6.45, 7) is 2.10. The van der Waals surface area contributed by atoms with Gasteiger partial charge in [-0.3, -0.25) is 0 Å². The van der Waals surface area contributed by atoms with Gasteiger partial charge in [-0.05, 0) is 18.6 Å². The van der Waals surface area contributed by atoms with Gasteiger partial charge in [-0.25, -0.2) is 4.79 Å². The molecule has 1 aromatic carbocycles. The van der Waals surface area contributed by atoms with Gasteiger partial charge in [-0.1, -0.05) is 31.5 Å². The lowest BCUT2D eigenvalue weighted by molar-refractivity contribution is 0.0715. The summed E-state index contributed by atoms with van der Waals surface area (Å²) in [5.74, 6) is 0.482. The Bertz CT molecular complexity index is 396. The van der Waals surface area contributed by atoms with Gasteiger partial charge in [0.2, 0.25) is 0 Å². The third-order valence-corrected chi connectivity index (χ3v) is 2.23. The lowest BCUT2D eigenvalue weighted by Crippen LogP contribution is -1.92. The Morgan fingerprint density at radius 2 is 1.93 bits per heavy atom. The van der Waals surface area contributed by atoms with Gasteiger partial charge in [0.05, 0.1) is 5.56 Å². The second kappa shape index (κ2) is 4.75. The number of hydrogen-bond acceptors (Lipinski definition) is 3. The van der Waals surface area contributed by atoms with Gasteiger partial charge in [0.15, 0.2) is 0 Å². The van der Waals surface area contributed by atoms with Crippen molar-refractivity contribution in [1.29, 1.82) is 0 Å². The first-order valence-electron chi connectivity index (χ1n) is 4.84. The van der Waals surface area contributed by atoms with Gasteiger partial charge in [0.1, 0.15) is 5.76 Å². The molecule has 0 atom stereocenters. The maximum atomic E-state index is 11.4. The van der Waals surface area contributed by atoms with Crippen LogP contribution in [0.25, 0.3) is 5.76 Å². The topological polar surface area (TPSA) is 61.3 Å².